The van der Waals surface area contributed by atoms with E-state index in [1.165, 1.54) is 36.0 Å². The molecule has 2 saturated carbocycles. The van der Waals surface area contributed by atoms with E-state index in [2.05, 4.69) is 32.0 Å². The molecule has 0 spiro atoms. The largest absolute Gasteiger partial charge is 0.324 e. The molecular formula is C15H21N. The summed E-state index contributed by atoms with van der Waals surface area (Å²) in [7, 11) is 0. The van der Waals surface area contributed by atoms with Gasteiger partial charge in [-0.3, -0.25) is 0 Å². The Balaban J connectivity index is 1.80. The van der Waals surface area contributed by atoms with Crippen LogP contribution in [0.3, 0.4) is 0 Å². The van der Waals surface area contributed by atoms with Gasteiger partial charge in [0, 0.05) is 6.04 Å². The number of aryl methyl sites for hydroxylation is 2. The molecule has 2 fully saturated rings. The van der Waals surface area contributed by atoms with E-state index in [0.29, 0.717) is 0 Å². The second-order valence-corrected chi connectivity index (χ2v) is 5.87. The van der Waals surface area contributed by atoms with Crippen LogP contribution in [0.5, 0.6) is 0 Å². The standard InChI is InChI=1S/C15H21N/c1-9-3-4-14(10(2)5-9)15(16)13-7-11-6-12(11)8-13/h3-5,11-13,15H,6-8,16H2,1-2H3. The zero-order chi connectivity index (χ0) is 11.3. The topological polar surface area (TPSA) is 26.0 Å². The lowest BCUT2D eigenvalue weighted by molar-refractivity contribution is 0.403. The SMILES string of the molecule is Cc1ccc(C(N)C2CC3CC3C2)c(C)c1. The van der Waals surface area contributed by atoms with Gasteiger partial charge in [0.25, 0.3) is 0 Å². The number of hydrogen-bond donors (Lipinski definition) is 1. The molecular weight excluding hydrogens is 194 g/mol. The highest BCUT2D eigenvalue weighted by Gasteiger charge is 2.47. The van der Waals surface area contributed by atoms with Gasteiger partial charge in [0.15, 0.2) is 0 Å². The Morgan fingerprint density at radius 2 is 1.81 bits per heavy atom. The molecule has 16 heavy (non-hydrogen) atoms. The van der Waals surface area contributed by atoms with Crippen molar-refractivity contribution in [3.05, 3.63) is 34.9 Å². The summed E-state index contributed by atoms with van der Waals surface area (Å²) in [6, 6.07) is 6.95. The molecule has 2 aliphatic carbocycles. The Labute approximate surface area is 98.0 Å². The van der Waals surface area contributed by atoms with E-state index in [9.17, 15) is 0 Å². The van der Waals surface area contributed by atoms with Crippen molar-refractivity contribution in [2.75, 3.05) is 0 Å². The predicted octanol–water partition coefficient (Wildman–Crippen LogP) is 3.35. The number of benzene rings is 1. The van der Waals surface area contributed by atoms with Crippen LogP contribution in [0.2, 0.25) is 0 Å². The molecule has 2 N–H and O–H groups in total. The van der Waals surface area contributed by atoms with Crippen LogP contribution in [0.4, 0.5) is 0 Å². The van der Waals surface area contributed by atoms with Gasteiger partial charge in [0.1, 0.15) is 0 Å². The first kappa shape index (κ1) is 10.3. The molecule has 1 aromatic carbocycles. The Kier molecular flexibility index (Phi) is 2.32. The summed E-state index contributed by atoms with van der Waals surface area (Å²) in [5.41, 5.74) is 10.5. The van der Waals surface area contributed by atoms with Gasteiger partial charge < -0.3 is 5.73 Å². The molecule has 3 rings (SSSR count). The van der Waals surface area contributed by atoms with Gasteiger partial charge in [-0.15, -0.1) is 0 Å². The minimum atomic E-state index is 0.272. The van der Waals surface area contributed by atoms with Crippen molar-refractivity contribution >= 4 is 0 Å². The number of fused-ring (bicyclic) bond motifs is 1. The Morgan fingerprint density at radius 3 is 2.44 bits per heavy atom. The molecule has 3 atom stereocenters. The predicted molar refractivity (Wildman–Crippen MR) is 67.2 cm³/mol. The molecule has 0 radical (unpaired) electrons. The van der Waals surface area contributed by atoms with E-state index in [4.69, 9.17) is 5.73 Å². The van der Waals surface area contributed by atoms with Crippen LogP contribution in [0, 0.1) is 31.6 Å². The van der Waals surface area contributed by atoms with Crippen molar-refractivity contribution in [2.24, 2.45) is 23.5 Å². The van der Waals surface area contributed by atoms with Gasteiger partial charge in [-0.25, -0.2) is 0 Å². The van der Waals surface area contributed by atoms with E-state index in [0.717, 1.165) is 17.8 Å². The lowest BCUT2D eigenvalue weighted by Gasteiger charge is -2.23. The molecule has 0 aliphatic heterocycles. The normalized spacial score (nSPS) is 33.6. The van der Waals surface area contributed by atoms with Crippen LogP contribution in [0.1, 0.15) is 42.0 Å². The van der Waals surface area contributed by atoms with E-state index in [1.807, 2.05) is 0 Å². The monoisotopic (exact) mass is 215 g/mol. The van der Waals surface area contributed by atoms with Crippen molar-refractivity contribution in [3.8, 4) is 0 Å². The van der Waals surface area contributed by atoms with E-state index < -0.39 is 0 Å². The first-order valence-electron chi connectivity index (χ1n) is 6.48. The first-order valence-corrected chi connectivity index (χ1v) is 6.48. The van der Waals surface area contributed by atoms with Crippen LogP contribution < -0.4 is 5.73 Å². The maximum absolute atomic E-state index is 6.43. The zero-order valence-corrected chi connectivity index (χ0v) is 10.2. The van der Waals surface area contributed by atoms with Gasteiger partial charge in [-0.2, -0.15) is 0 Å². The van der Waals surface area contributed by atoms with Gasteiger partial charge in [-0.1, -0.05) is 23.8 Å². The molecule has 2 aliphatic rings. The average Bonchev–Trinajstić information content (AvgIpc) is 2.85. The summed E-state index contributed by atoms with van der Waals surface area (Å²) >= 11 is 0. The van der Waals surface area contributed by atoms with Crippen molar-refractivity contribution < 1.29 is 0 Å². The Bertz CT molecular complexity index is 400. The highest BCUT2D eigenvalue weighted by atomic mass is 14.7. The highest BCUT2D eigenvalue weighted by Crippen LogP contribution is 2.56. The maximum atomic E-state index is 6.43. The molecule has 1 heteroatoms. The molecule has 0 aromatic heterocycles. The summed E-state index contributed by atoms with van der Waals surface area (Å²) in [6.07, 6.45) is 4.23. The lowest BCUT2D eigenvalue weighted by Crippen LogP contribution is -2.21. The molecule has 0 amide bonds. The van der Waals surface area contributed by atoms with Crippen LogP contribution in [-0.2, 0) is 0 Å². The van der Waals surface area contributed by atoms with Gasteiger partial charge in [0.2, 0.25) is 0 Å². The minimum Gasteiger partial charge on any atom is -0.324 e. The van der Waals surface area contributed by atoms with Gasteiger partial charge in [-0.05, 0) is 62.0 Å². The van der Waals surface area contributed by atoms with Gasteiger partial charge >= 0.3 is 0 Å². The molecule has 0 bridgehead atoms. The minimum absolute atomic E-state index is 0.272. The number of rotatable bonds is 2. The zero-order valence-electron chi connectivity index (χ0n) is 10.2. The summed E-state index contributed by atoms with van der Waals surface area (Å²) in [5, 5.41) is 0. The fourth-order valence-electron chi connectivity index (χ4n) is 3.51. The van der Waals surface area contributed by atoms with Crippen LogP contribution in [0.15, 0.2) is 18.2 Å². The average molecular weight is 215 g/mol. The molecule has 1 aromatic rings. The summed E-state index contributed by atoms with van der Waals surface area (Å²) in [5.74, 6) is 2.80. The fraction of sp³-hybridized carbons (Fsp3) is 0.600. The van der Waals surface area contributed by atoms with Crippen LogP contribution in [0.25, 0.3) is 0 Å². The van der Waals surface area contributed by atoms with E-state index >= 15 is 0 Å². The van der Waals surface area contributed by atoms with Crippen molar-refractivity contribution in [2.45, 2.75) is 39.2 Å². The summed E-state index contributed by atoms with van der Waals surface area (Å²) in [6.45, 7) is 4.34. The third-order valence-corrected chi connectivity index (χ3v) is 4.57. The second-order valence-electron chi connectivity index (χ2n) is 5.87. The summed E-state index contributed by atoms with van der Waals surface area (Å²) in [4.78, 5) is 0. The van der Waals surface area contributed by atoms with Crippen LogP contribution >= 0.6 is 0 Å². The summed E-state index contributed by atoms with van der Waals surface area (Å²) < 4.78 is 0. The molecule has 1 nitrogen and oxygen atoms in total. The van der Waals surface area contributed by atoms with Crippen LogP contribution in [-0.4, -0.2) is 0 Å². The molecule has 3 unspecified atom stereocenters. The molecule has 0 heterocycles. The van der Waals surface area contributed by atoms with E-state index in [1.54, 1.807) is 0 Å². The Morgan fingerprint density at radius 1 is 1.12 bits per heavy atom. The number of hydrogen-bond acceptors (Lipinski definition) is 1. The fourth-order valence-corrected chi connectivity index (χ4v) is 3.51. The van der Waals surface area contributed by atoms with Crippen molar-refractivity contribution in [3.63, 3.8) is 0 Å². The van der Waals surface area contributed by atoms with E-state index in [-0.39, 0.29) is 6.04 Å². The second kappa shape index (κ2) is 3.59. The van der Waals surface area contributed by atoms with Crippen molar-refractivity contribution in [1.29, 1.82) is 0 Å². The molecule has 86 valence electrons. The lowest BCUT2D eigenvalue weighted by atomic mass is 9.87. The van der Waals surface area contributed by atoms with Gasteiger partial charge in [0.05, 0.1) is 0 Å². The highest BCUT2D eigenvalue weighted by molar-refractivity contribution is 5.33. The smallest absolute Gasteiger partial charge is 0.0326 e. The quantitative estimate of drug-likeness (QED) is 0.804. The third-order valence-electron chi connectivity index (χ3n) is 4.57. The number of nitrogens with two attached hydrogens (primary N) is 1. The first-order chi connectivity index (χ1) is 7.65. The molecule has 0 saturated heterocycles. The van der Waals surface area contributed by atoms with Crippen molar-refractivity contribution in [1.82, 2.24) is 0 Å². The Hall–Kier alpha value is -0.820. The maximum Gasteiger partial charge on any atom is 0.0326 e. The third kappa shape index (κ3) is 1.67.